The Morgan fingerprint density at radius 3 is 2.63 bits per heavy atom. The number of nitrogen functional groups attached to an aromatic ring is 1. The van der Waals surface area contributed by atoms with Crippen LogP contribution in [0.2, 0.25) is 0 Å². The molecule has 0 spiro atoms. The van der Waals surface area contributed by atoms with E-state index < -0.39 is 12.1 Å². The number of nitrogens with zero attached hydrogens (tertiary/aromatic N) is 2. The van der Waals surface area contributed by atoms with Crippen LogP contribution in [0.3, 0.4) is 0 Å². The number of nitrogens with one attached hydrogen (secondary N) is 2. The minimum atomic E-state index is -0.513. The Morgan fingerprint density at radius 1 is 1.26 bits per heavy atom. The van der Waals surface area contributed by atoms with Crippen molar-refractivity contribution in [2.75, 3.05) is 25.6 Å². The van der Waals surface area contributed by atoms with Crippen LogP contribution in [0, 0.1) is 0 Å². The molecule has 2 heterocycles. The number of anilines is 1. The highest BCUT2D eigenvalue weighted by atomic mass is 16.3. The Kier molecular flexibility index (Phi) is 4.27. The zero-order valence-corrected chi connectivity index (χ0v) is 10.2. The molecule has 2 aromatic rings. The van der Waals surface area contributed by atoms with Crippen molar-refractivity contribution in [2.45, 2.75) is 12.1 Å². The zero-order valence-electron chi connectivity index (χ0n) is 10.2. The molecule has 0 amide bonds. The van der Waals surface area contributed by atoms with Gasteiger partial charge in [-0.3, -0.25) is 0 Å². The van der Waals surface area contributed by atoms with Gasteiger partial charge in [0.25, 0.3) is 0 Å². The molecule has 0 radical (unpaired) electrons. The second-order valence-electron chi connectivity index (χ2n) is 4.20. The number of hydrogen-bond acceptors (Lipinski definition) is 7. The van der Waals surface area contributed by atoms with Crippen LogP contribution in [0.1, 0.15) is 11.6 Å². The maximum atomic E-state index is 9.45. The lowest BCUT2D eigenvalue weighted by Gasteiger charge is -2.21. The van der Waals surface area contributed by atoms with Crippen LogP contribution in [0.4, 0.5) is 5.95 Å². The molecule has 0 aliphatic rings. The number of aliphatic hydroxyl groups is 3. The van der Waals surface area contributed by atoms with Gasteiger partial charge >= 0.3 is 0 Å². The summed E-state index contributed by atoms with van der Waals surface area (Å²) in [5.74, 6) is 0.144. The number of H-pyrrole nitrogens is 1. The summed E-state index contributed by atoms with van der Waals surface area (Å²) >= 11 is 0. The lowest BCUT2D eigenvalue weighted by Crippen LogP contribution is -2.39. The van der Waals surface area contributed by atoms with Crippen LogP contribution in [-0.2, 0) is 0 Å². The van der Waals surface area contributed by atoms with Gasteiger partial charge in [-0.15, -0.1) is 0 Å². The number of rotatable bonds is 6. The van der Waals surface area contributed by atoms with Gasteiger partial charge in [0.1, 0.15) is 0 Å². The smallest absolute Gasteiger partial charge is 0.220 e. The molecule has 0 aromatic carbocycles. The maximum Gasteiger partial charge on any atom is 0.220 e. The molecule has 7 N–H and O–H groups in total. The highest BCUT2D eigenvalue weighted by molar-refractivity contribution is 5.79. The number of aliphatic hydroxyl groups excluding tert-OH is 3. The Bertz CT molecular complexity index is 540. The van der Waals surface area contributed by atoms with Crippen LogP contribution in [0.25, 0.3) is 11.0 Å². The van der Waals surface area contributed by atoms with E-state index in [1.807, 2.05) is 0 Å². The fraction of sp³-hybridized carbons (Fsp3) is 0.455. The molecule has 104 valence electrons. The molecule has 0 bridgehead atoms. The monoisotopic (exact) mass is 267 g/mol. The van der Waals surface area contributed by atoms with Crippen LogP contribution in [0.15, 0.2) is 12.4 Å². The fourth-order valence-corrected chi connectivity index (χ4v) is 1.90. The predicted octanol–water partition coefficient (Wildman–Crippen LogP) is -1.48. The molecule has 0 fully saturated rings. The molecule has 1 unspecified atom stereocenters. The summed E-state index contributed by atoms with van der Waals surface area (Å²) in [5, 5.41) is 30.5. The second kappa shape index (κ2) is 5.93. The van der Waals surface area contributed by atoms with Gasteiger partial charge in [0.05, 0.1) is 49.1 Å². The molecule has 2 rings (SSSR count). The van der Waals surface area contributed by atoms with Gasteiger partial charge in [0.2, 0.25) is 5.95 Å². The Labute approximate surface area is 109 Å². The molecule has 8 nitrogen and oxygen atoms in total. The van der Waals surface area contributed by atoms with Crippen LogP contribution in [0.5, 0.6) is 0 Å². The van der Waals surface area contributed by atoms with Crippen molar-refractivity contribution in [1.29, 1.82) is 0 Å². The number of aromatic amines is 1. The van der Waals surface area contributed by atoms with Crippen LogP contribution < -0.4 is 11.1 Å². The summed E-state index contributed by atoms with van der Waals surface area (Å²) < 4.78 is 0. The molecule has 8 heteroatoms. The van der Waals surface area contributed by atoms with Crippen molar-refractivity contribution in [1.82, 2.24) is 20.3 Å². The third-order valence-corrected chi connectivity index (χ3v) is 2.90. The summed E-state index contributed by atoms with van der Waals surface area (Å²) in [6, 6.07) is -0.978. The summed E-state index contributed by atoms with van der Waals surface area (Å²) in [7, 11) is 0. The third-order valence-electron chi connectivity index (χ3n) is 2.90. The first-order chi connectivity index (χ1) is 9.19. The summed E-state index contributed by atoms with van der Waals surface area (Å²) in [4.78, 5) is 11.0. The standard InChI is InChI=1S/C11H17N5O3/c12-11-14-2-8-10(16-11)7(1-13-8)9(5-19)15-6(3-17)4-18/h1-2,6,9,13,15,17-19H,3-5H2,(H2,12,14,16). The lowest BCUT2D eigenvalue weighted by atomic mass is 10.1. The molecule has 1 atom stereocenters. The average molecular weight is 267 g/mol. The first-order valence-corrected chi connectivity index (χ1v) is 5.87. The van der Waals surface area contributed by atoms with Crippen molar-refractivity contribution < 1.29 is 15.3 Å². The van der Waals surface area contributed by atoms with Crippen molar-refractivity contribution in [3.63, 3.8) is 0 Å². The molecule has 0 saturated carbocycles. The van der Waals surface area contributed by atoms with E-state index in [4.69, 9.17) is 15.9 Å². The van der Waals surface area contributed by atoms with Gasteiger partial charge in [0, 0.05) is 11.8 Å². The highest BCUT2D eigenvalue weighted by Crippen LogP contribution is 2.22. The van der Waals surface area contributed by atoms with E-state index in [-0.39, 0.29) is 25.8 Å². The van der Waals surface area contributed by atoms with Gasteiger partial charge in [-0.25, -0.2) is 9.97 Å². The van der Waals surface area contributed by atoms with Gasteiger partial charge in [0.15, 0.2) is 0 Å². The van der Waals surface area contributed by atoms with Crippen LogP contribution >= 0.6 is 0 Å². The first-order valence-electron chi connectivity index (χ1n) is 5.87. The molecule has 0 aliphatic carbocycles. The Hall–Kier alpha value is -1.74. The minimum absolute atomic E-state index is 0.144. The van der Waals surface area contributed by atoms with E-state index >= 15 is 0 Å². The summed E-state index contributed by atoms with van der Waals surface area (Å²) in [6.07, 6.45) is 3.25. The quantitative estimate of drug-likeness (QED) is 0.375. The Balaban J connectivity index is 2.32. The molecular formula is C11H17N5O3. The van der Waals surface area contributed by atoms with Gasteiger partial charge < -0.3 is 31.4 Å². The molecule has 0 aliphatic heterocycles. The zero-order chi connectivity index (χ0) is 13.8. The molecular weight excluding hydrogens is 250 g/mol. The van der Waals surface area contributed by atoms with Crippen molar-refractivity contribution in [3.05, 3.63) is 18.0 Å². The SMILES string of the molecule is Nc1ncc2[nH]cc(C(CO)NC(CO)CO)c2n1. The number of nitrogens with two attached hydrogens (primary N) is 1. The van der Waals surface area contributed by atoms with E-state index in [1.165, 1.54) is 0 Å². The molecule has 0 saturated heterocycles. The normalized spacial score (nSPS) is 13.3. The second-order valence-corrected chi connectivity index (χ2v) is 4.20. The van der Waals surface area contributed by atoms with E-state index in [9.17, 15) is 5.11 Å². The topological polar surface area (TPSA) is 140 Å². The van der Waals surface area contributed by atoms with E-state index in [2.05, 4.69) is 20.3 Å². The minimum Gasteiger partial charge on any atom is -0.395 e. The summed E-state index contributed by atoms with van der Waals surface area (Å²) in [5.41, 5.74) is 7.56. The van der Waals surface area contributed by atoms with E-state index in [1.54, 1.807) is 12.4 Å². The number of fused-ring (bicyclic) bond motifs is 1. The molecule has 2 aromatic heterocycles. The van der Waals surface area contributed by atoms with E-state index in [0.29, 0.717) is 16.6 Å². The average Bonchev–Trinajstić information content (AvgIpc) is 2.83. The van der Waals surface area contributed by atoms with Crippen molar-refractivity contribution in [2.24, 2.45) is 0 Å². The lowest BCUT2D eigenvalue weighted by molar-refractivity contribution is 0.145. The number of aromatic nitrogens is 3. The first kappa shape index (κ1) is 13.7. The predicted molar refractivity (Wildman–Crippen MR) is 69.2 cm³/mol. The third kappa shape index (κ3) is 2.82. The molecule has 19 heavy (non-hydrogen) atoms. The van der Waals surface area contributed by atoms with Gasteiger partial charge in [-0.05, 0) is 0 Å². The number of hydrogen-bond donors (Lipinski definition) is 6. The highest BCUT2D eigenvalue weighted by Gasteiger charge is 2.19. The van der Waals surface area contributed by atoms with Gasteiger partial charge in [-0.1, -0.05) is 0 Å². The van der Waals surface area contributed by atoms with Crippen LogP contribution in [-0.4, -0.2) is 56.1 Å². The largest absolute Gasteiger partial charge is 0.395 e. The van der Waals surface area contributed by atoms with Crippen molar-refractivity contribution >= 4 is 17.0 Å². The Morgan fingerprint density at radius 2 is 2.00 bits per heavy atom. The maximum absolute atomic E-state index is 9.45. The van der Waals surface area contributed by atoms with E-state index in [0.717, 1.165) is 0 Å². The summed E-state index contributed by atoms with van der Waals surface area (Å²) in [6.45, 7) is -0.660. The van der Waals surface area contributed by atoms with Gasteiger partial charge in [-0.2, -0.15) is 0 Å². The van der Waals surface area contributed by atoms with Crippen molar-refractivity contribution in [3.8, 4) is 0 Å². The fourth-order valence-electron chi connectivity index (χ4n) is 1.90.